The van der Waals surface area contributed by atoms with Crippen molar-refractivity contribution in [1.29, 1.82) is 0 Å². The highest BCUT2D eigenvalue weighted by Crippen LogP contribution is 2.19. The van der Waals surface area contributed by atoms with E-state index in [2.05, 4.69) is 20.5 Å². The van der Waals surface area contributed by atoms with E-state index in [4.69, 9.17) is 5.11 Å². The largest absolute Gasteiger partial charge is 0.480 e. The van der Waals surface area contributed by atoms with Crippen molar-refractivity contribution in [3.63, 3.8) is 0 Å². The second-order valence-electron chi connectivity index (χ2n) is 3.67. The third-order valence-corrected chi connectivity index (χ3v) is 3.11. The number of nitrogens with zero attached hydrogens (tertiary/aromatic N) is 5. The van der Waals surface area contributed by atoms with Crippen molar-refractivity contribution in [2.75, 3.05) is 0 Å². The normalized spacial score (nSPS) is 10.5. The van der Waals surface area contributed by atoms with Gasteiger partial charge in [0, 0.05) is 18.1 Å². The molecule has 0 spiro atoms. The SMILES string of the molecule is Cc1cncc(CSc2nnnn2CC(=O)O)c1. The molecule has 0 aromatic carbocycles. The maximum Gasteiger partial charge on any atom is 0.325 e. The van der Waals surface area contributed by atoms with E-state index in [0.717, 1.165) is 11.1 Å². The Balaban J connectivity index is 2.02. The molecule has 0 saturated carbocycles. The molecule has 8 heteroatoms. The van der Waals surface area contributed by atoms with Crippen molar-refractivity contribution in [3.05, 3.63) is 29.6 Å². The Bertz CT molecular complexity index is 557. The van der Waals surface area contributed by atoms with Gasteiger partial charge in [-0.1, -0.05) is 17.8 Å². The van der Waals surface area contributed by atoms with Gasteiger partial charge in [-0.3, -0.25) is 9.78 Å². The number of carboxylic acid groups (broad SMARTS) is 1. The number of carboxylic acids is 1. The van der Waals surface area contributed by atoms with Crippen LogP contribution in [-0.2, 0) is 17.1 Å². The van der Waals surface area contributed by atoms with E-state index >= 15 is 0 Å². The Hall–Kier alpha value is -1.96. The van der Waals surface area contributed by atoms with Crippen molar-refractivity contribution in [2.45, 2.75) is 24.4 Å². The van der Waals surface area contributed by atoms with Crippen LogP contribution in [0, 0.1) is 6.92 Å². The Morgan fingerprint density at radius 2 is 2.33 bits per heavy atom. The summed E-state index contributed by atoms with van der Waals surface area (Å²) in [5.74, 6) is -0.323. The third kappa shape index (κ3) is 3.27. The summed E-state index contributed by atoms with van der Waals surface area (Å²) >= 11 is 1.38. The third-order valence-electron chi connectivity index (χ3n) is 2.08. The second kappa shape index (κ2) is 5.58. The van der Waals surface area contributed by atoms with E-state index in [1.165, 1.54) is 16.4 Å². The summed E-state index contributed by atoms with van der Waals surface area (Å²) in [6.07, 6.45) is 3.55. The summed E-state index contributed by atoms with van der Waals surface area (Å²) in [6, 6.07) is 2.02. The fraction of sp³-hybridized carbons (Fsp3) is 0.300. The highest BCUT2D eigenvalue weighted by Gasteiger charge is 2.10. The average molecular weight is 265 g/mol. The van der Waals surface area contributed by atoms with Gasteiger partial charge in [0.05, 0.1) is 0 Å². The summed E-state index contributed by atoms with van der Waals surface area (Å²) < 4.78 is 1.26. The van der Waals surface area contributed by atoms with Crippen LogP contribution >= 0.6 is 11.8 Å². The quantitative estimate of drug-likeness (QED) is 0.797. The zero-order valence-electron chi connectivity index (χ0n) is 9.65. The van der Waals surface area contributed by atoms with Crippen molar-refractivity contribution in [2.24, 2.45) is 0 Å². The number of carbonyl (C=O) groups is 1. The lowest BCUT2D eigenvalue weighted by atomic mass is 10.2. The second-order valence-corrected chi connectivity index (χ2v) is 4.61. The van der Waals surface area contributed by atoms with Crippen LogP contribution in [0.2, 0.25) is 0 Å². The van der Waals surface area contributed by atoms with Gasteiger partial charge in [-0.2, -0.15) is 0 Å². The summed E-state index contributed by atoms with van der Waals surface area (Å²) in [5, 5.41) is 20.1. The van der Waals surface area contributed by atoms with E-state index in [1.807, 2.05) is 13.0 Å². The number of rotatable bonds is 5. The number of aliphatic carboxylic acids is 1. The lowest BCUT2D eigenvalue weighted by Gasteiger charge is -2.02. The average Bonchev–Trinajstić information content (AvgIpc) is 2.73. The smallest absolute Gasteiger partial charge is 0.325 e. The molecule has 0 amide bonds. The molecule has 0 unspecified atom stereocenters. The molecule has 1 N–H and O–H groups in total. The first-order valence-corrected chi connectivity index (χ1v) is 6.15. The van der Waals surface area contributed by atoms with E-state index in [9.17, 15) is 4.79 Å². The molecule has 0 radical (unpaired) electrons. The van der Waals surface area contributed by atoms with Gasteiger partial charge < -0.3 is 5.11 Å². The van der Waals surface area contributed by atoms with Crippen molar-refractivity contribution >= 4 is 17.7 Å². The van der Waals surface area contributed by atoms with Crippen molar-refractivity contribution < 1.29 is 9.90 Å². The van der Waals surface area contributed by atoms with E-state index in [0.29, 0.717) is 10.9 Å². The molecular formula is C10H11N5O2S. The van der Waals surface area contributed by atoms with E-state index in [1.54, 1.807) is 12.4 Å². The monoisotopic (exact) mass is 265 g/mol. The number of pyridine rings is 1. The molecule has 0 aliphatic heterocycles. The molecule has 2 aromatic heterocycles. The maximum absolute atomic E-state index is 10.6. The first kappa shape index (κ1) is 12.5. The van der Waals surface area contributed by atoms with Gasteiger partial charge in [-0.05, 0) is 28.5 Å². The van der Waals surface area contributed by atoms with Crippen molar-refractivity contribution in [1.82, 2.24) is 25.2 Å². The first-order valence-electron chi connectivity index (χ1n) is 5.16. The van der Waals surface area contributed by atoms with Gasteiger partial charge in [-0.15, -0.1) is 5.10 Å². The number of aryl methyl sites for hydroxylation is 1. The predicted octanol–water partition coefficient (Wildman–Crippen LogP) is 0.753. The molecule has 18 heavy (non-hydrogen) atoms. The molecule has 0 atom stereocenters. The molecular weight excluding hydrogens is 254 g/mol. The van der Waals surface area contributed by atoms with Crippen molar-refractivity contribution in [3.8, 4) is 0 Å². The minimum absolute atomic E-state index is 0.235. The lowest BCUT2D eigenvalue weighted by Crippen LogP contribution is -2.11. The van der Waals surface area contributed by atoms with Crippen LogP contribution in [-0.4, -0.2) is 36.3 Å². The Morgan fingerprint density at radius 1 is 1.50 bits per heavy atom. The number of hydrogen-bond acceptors (Lipinski definition) is 6. The standard InChI is InChI=1S/C10H11N5O2S/c1-7-2-8(4-11-3-7)6-18-10-12-13-14-15(10)5-9(16)17/h2-4H,5-6H2,1H3,(H,16,17). The van der Waals surface area contributed by atoms with Crippen LogP contribution in [0.1, 0.15) is 11.1 Å². The number of hydrogen-bond donors (Lipinski definition) is 1. The maximum atomic E-state index is 10.6. The van der Waals surface area contributed by atoms with E-state index in [-0.39, 0.29) is 6.54 Å². The van der Waals surface area contributed by atoms with Crippen LogP contribution in [0.3, 0.4) is 0 Å². The fourth-order valence-corrected chi connectivity index (χ4v) is 2.17. The molecule has 0 aliphatic rings. The first-order chi connectivity index (χ1) is 8.65. The zero-order valence-corrected chi connectivity index (χ0v) is 10.5. The fourth-order valence-electron chi connectivity index (χ4n) is 1.37. The molecule has 94 valence electrons. The minimum Gasteiger partial charge on any atom is -0.480 e. The van der Waals surface area contributed by atoms with Crippen LogP contribution in [0.15, 0.2) is 23.6 Å². The lowest BCUT2D eigenvalue weighted by molar-refractivity contribution is -0.138. The molecule has 0 aliphatic carbocycles. The molecule has 2 rings (SSSR count). The van der Waals surface area contributed by atoms with Crippen LogP contribution in [0.25, 0.3) is 0 Å². The van der Waals surface area contributed by atoms with Gasteiger partial charge in [0.1, 0.15) is 6.54 Å². The zero-order chi connectivity index (χ0) is 13.0. The summed E-state index contributed by atoms with van der Waals surface area (Å²) in [6.45, 7) is 1.73. The van der Waals surface area contributed by atoms with E-state index < -0.39 is 5.97 Å². The van der Waals surface area contributed by atoms with Crippen LogP contribution in [0.5, 0.6) is 0 Å². The Morgan fingerprint density at radius 3 is 3.06 bits per heavy atom. The molecule has 0 saturated heterocycles. The van der Waals surface area contributed by atoms with Gasteiger partial charge in [0.2, 0.25) is 5.16 Å². The van der Waals surface area contributed by atoms with Gasteiger partial charge in [0.15, 0.2) is 0 Å². The van der Waals surface area contributed by atoms with Gasteiger partial charge >= 0.3 is 5.97 Å². The Kier molecular flexibility index (Phi) is 3.88. The Labute approximate surface area is 107 Å². The highest BCUT2D eigenvalue weighted by molar-refractivity contribution is 7.98. The summed E-state index contributed by atoms with van der Waals surface area (Å²) in [7, 11) is 0. The number of thioether (sulfide) groups is 1. The summed E-state index contributed by atoms with van der Waals surface area (Å²) in [4.78, 5) is 14.7. The predicted molar refractivity (Wildman–Crippen MR) is 64.0 cm³/mol. The summed E-state index contributed by atoms with van der Waals surface area (Å²) in [5.41, 5.74) is 2.13. The molecule has 2 aromatic rings. The molecule has 2 heterocycles. The van der Waals surface area contributed by atoms with Gasteiger partial charge in [-0.25, -0.2) is 4.68 Å². The van der Waals surface area contributed by atoms with Gasteiger partial charge in [0.25, 0.3) is 0 Å². The topological polar surface area (TPSA) is 93.8 Å². The van der Waals surface area contributed by atoms with Crippen LogP contribution < -0.4 is 0 Å². The number of aromatic nitrogens is 5. The minimum atomic E-state index is -0.971. The molecule has 0 fully saturated rings. The molecule has 7 nitrogen and oxygen atoms in total. The number of tetrazole rings is 1. The van der Waals surface area contributed by atoms with Crippen LogP contribution in [0.4, 0.5) is 0 Å². The highest BCUT2D eigenvalue weighted by atomic mass is 32.2. The molecule has 0 bridgehead atoms.